The molecule has 2 amide bonds. The normalized spacial score (nSPS) is 24.8. The van der Waals surface area contributed by atoms with Gasteiger partial charge in [-0.2, -0.15) is 0 Å². The molecule has 2 atom stereocenters. The van der Waals surface area contributed by atoms with Gasteiger partial charge in [-0.25, -0.2) is 4.90 Å². The lowest BCUT2D eigenvalue weighted by molar-refractivity contribution is -0.122. The van der Waals surface area contributed by atoms with E-state index in [9.17, 15) is 9.59 Å². The molecule has 0 radical (unpaired) electrons. The van der Waals surface area contributed by atoms with Crippen molar-refractivity contribution in [3.8, 4) is 5.75 Å². The second-order valence-electron chi connectivity index (χ2n) is 6.09. The van der Waals surface area contributed by atoms with Gasteiger partial charge < -0.3 is 4.74 Å². The molecule has 1 heterocycles. The standard InChI is InChI=1S/C18H21NO3/c1-4-22-16-8-6-5-7-15(16)19-17(20)13-9-11(2)12(3)10-14(13)18(19)21/h5-8,13-14H,4,9-10H2,1-3H3/t13-,14-/m1/s1. The van der Waals surface area contributed by atoms with Crippen LogP contribution in [0.1, 0.15) is 33.6 Å². The Morgan fingerprint density at radius 3 is 2.14 bits per heavy atom. The maximum Gasteiger partial charge on any atom is 0.238 e. The number of allylic oxidation sites excluding steroid dienone is 2. The highest BCUT2D eigenvalue weighted by Crippen LogP contribution is 2.44. The Labute approximate surface area is 130 Å². The molecule has 0 bridgehead atoms. The topological polar surface area (TPSA) is 46.6 Å². The molecule has 0 aromatic heterocycles. The van der Waals surface area contributed by atoms with Crippen molar-refractivity contribution in [2.75, 3.05) is 11.5 Å². The molecule has 0 spiro atoms. The van der Waals surface area contributed by atoms with Gasteiger partial charge >= 0.3 is 0 Å². The summed E-state index contributed by atoms with van der Waals surface area (Å²) in [6.45, 7) is 6.50. The van der Waals surface area contributed by atoms with Crippen molar-refractivity contribution >= 4 is 17.5 Å². The van der Waals surface area contributed by atoms with Crippen molar-refractivity contribution in [2.24, 2.45) is 11.8 Å². The molecule has 1 fully saturated rings. The Balaban J connectivity index is 1.98. The summed E-state index contributed by atoms with van der Waals surface area (Å²) >= 11 is 0. The first kappa shape index (κ1) is 14.8. The molecule has 4 nitrogen and oxygen atoms in total. The number of carbonyl (C=O) groups is 2. The van der Waals surface area contributed by atoms with Gasteiger partial charge in [0, 0.05) is 0 Å². The van der Waals surface area contributed by atoms with Crippen LogP contribution in [-0.2, 0) is 9.59 Å². The number of benzene rings is 1. The third-order valence-electron chi connectivity index (χ3n) is 4.75. The predicted octanol–water partition coefficient (Wildman–Crippen LogP) is 3.32. The molecule has 1 aromatic carbocycles. The largest absolute Gasteiger partial charge is 0.492 e. The summed E-state index contributed by atoms with van der Waals surface area (Å²) < 4.78 is 5.59. The highest BCUT2D eigenvalue weighted by atomic mass is 16.5. The van der Waals surface area contributed by atoms with Gasteiger partial charge in [0.25, 0.3) is 0 Å². The van der Waals surface area contributed by atoms with Crippen LogP contribution in [0.4, 0.5) is 5.69 Å². The molecule has 0 N–H and O–H groups in total. The van der Waals surface area contributed by atoms with Gasteiger partial charge in [0.2, 0.25) is 11.8 Å². The van der Waals surface area contributed by atoms with Crippen molar-refractivity contribution in [1.82, 2.24) is 0 Å². The van der Waals surface area contributed by atoms with Crippen LogP contribution in [0.25, 0.3) is 0 Å². The summed E-state index contributed by atoms with van der Waals surface area (Å²) in [5.74, 6) is -0.0217. The zero-order valence-corrected chi connectivity index (χ0v) is 13.3. The molecule has 2 aliphatic rings. The van der Waals surface area contributed by atoms with Crippen LogP contribution in [0.15, 0.2) is 35.4 Å². The maximum atomic E-state index is 12.8. The summed E-state index contributed by atoms with van der Waals surface area (Å²) in [7, 11) is 0. The number of hydrogen-bond acceptors (Lipinski definition) is 3. The van der Waals surface area contributed by atoms with Crippen LogP contribution in [0, 0.1) is 11.8 Å². The average Bonchev–Trinajstić information content (AvgIpc) is 2.73. The summed E-state index contributed by atoms with van der Waals surface area (Å²) in [5, 5.41) is 0. The van der Waals surface area contributed by atoms with E-state index < -0.39 is 0 Å². The molecule has 22 heavy (non-hydrogen) atoms. The van der Waals surface area contributed by atoms with Gasteiger partial charge in [0.05, 0.1) is 24.1 Å². The van der Waals surface area contributed by atoms with E-state index in [-0.39, 0.29) is 23.7 Å². The van der Waals surface area contributed by atoms with Gasteiger partial charge in [-0.3, -0.25) is 9.59 Å². The number of anilines is 1. The summed E-state index contributed by atoms with van der Waals surface area (Å²) in [5.41, 5.74) is 3.05. The Morgan fingerprint density at radius 2 is 1.59 bits per heavy atom. The summed E-state index contributed by atoms with van der Waals surface area (Å²) in [4.78, 5) is 26.9. The van der Waals surface area contributed by atoms with Crippen LogP contribution >= 0.6 is 0 Å². The van der Waals surface area contributed by atoms with E-state index in [1.165, 1.54) is 16.0 Å². The first-order valence-corrected chi connectivity index (χ1v) is 7.79. The van der Waals surface area contributed by atoms with Crippen LogP contribution in [0.5, 0.6) is 5.75 Å². The molecule has 1 saturated heterocycles. The molecule has 116 valence electrons. The highest BCUT2D eigenvalue weighted by Gasteiger charge is 2.50. The van der Waals surface area contributed by atoms with Gasteiger partial charge in [-0.05, 0) is 45.7 Å². The molecule has 0 unspecified atom stereocenters. The highest BCUT2D eigenvalue weighted by molar-refractivity contribution is 6.23. The Kier molecular flexibility index (Phi) is 3.77. The Hall–Kier alpha value is -2.10. The lowest BCUT2D eigenvalue weighted by Crippen LogP contribution is -2.31. The van der Waals surface area contributed by atoms with Gasteiger partial charge in [-0.1, -0.05) is 23.3 Å². The predicted molar refractivity (Wildman–Crippen MR) is 84.7 cm³/mol. The number of amides is 2. The van der Waals surface area contributed by atoms with E-state index in [2.05, 4.69) is 13.8 Å². The van der Waals surface area contributed by atoms with E-state index in [0.29, 0.717) is 30.9 Å². The quantitative estimate of drug-likeness (QED) is 0.635. The lowest BCUT2D eigenvalue weighted by atomic mass is 9.78. The fourth-order valence-electron chi connectivity index (χ4n) is 3.41. The van der Waals surface area contributed by atoms with Crippen LogP contribution in [-0.4, -0.2) is 18.4 Å². The maximum absolute atomic E-state index is 12.8. The number of hydrogen-bond donors (Lipinski definition) is 0. The zero-order valence-electron chi connectivity index (χ0n) is 13.3. The van der Waals surface area contributed by atoms with Crippen molar-refractivity contribution in [1.29, 1.82) is 0 Å². The second-order valence-corrected chi connectivity index (χ2v) is 6.09. The van der Waals surface area contributed by atoms with E-state index in [4.69, 9.17) is 4.74 Å². The number of nitrogens with zero attached hydrogens (tertiary/aromatic N) is 1. The second kappa shape index (κ2) is 5.59. The minimum absolute atomic E-state index is 0.0889. The Bertz CT molecular complexity index is 630. The minimum atomic E-state index is -0.217. The first-order chi connectivity index (χ1) is 10.5. The smallest absolute Gasteiger partial charge is 0.238 e. The number of ether oxygens (including phenoxy) is 1. The molecular formula is C18H21NO3. The first-order valence-electron chi connectivity index (χ1n) is 7.79. The molecule has 1 aliphatic heterocycles. The summed E-state index contributed by atoms with van der Waals surface area (Å²) in [6.07, 6.45) is 1.38. The van der Waals surface area contributed by atoms with Crippen molar-refractivity contribution in [3.05, 3.63) is 35.4 Å². The lowest BCUT2D eigenvalue weighted by Gasteiger charge is -2.23. The number of fused-ring (bicyclic) bond motifs is 1. The van der Waals surface area contributed by atoms with Crippen LogP contribution in [0.2, 0.25) is 0 Å². The fraction of sp³-hybridized carbons (Fsp3) is 0.444. The summed E-state index contributed by atoms with van der Waals surface area (Å²) in [6, 6.07) is 7.26. The van der Waals surface area contributed by atoms with E-state index >= 15 is 0 Å². The Morgan fingerprint density at radius 1 is 1.05 bits per heavy atom. The van der Waals surface area contributed by atoms with Crippen LogP contribution in [0.3, 0.4) is 0 Å². The monoisotopic (exact) mass is 299 g/mol. The number of imide groups is 1. The molecule has 0 saturated carbocycles. The third kappa shape index (κ3) is 2.23. The van der Waals surface area contributed by atoms with E-state index in [1.54, 1.807) is 12.1 Å². The van der Waals surface area contributed by atoms with Crippen LogP contribution < -0.4 is 9.64 Å². The molecule has 1 aromatic rings. The zero-order chi connectivity index (χ0) is 15.9. The van der Waals surface area contributed by atoms with Crippen molar-refractivity contribution in [2.45, 2.75) is 33.6 Å². The molecule has 4 heteroatoms. The minimum Gasteiger partial charge on any atom is -0.492 e. The molecule has 3 rings (SSSR count). The molecular weight excluding hydrogens is 278 g/mol. The van der Waals surface area contributed by atoms with E-state index in [1.807, 2.05) is 19.1 Å². The van der Waals surface area contributed by atoms with Crippen molar-refractivity contribution in [3.63, 3.8) is 0 Å². The van der Waals surface area contributed by atoms with Gasteiger partial charge in [-0.15, -0.1) is 0 Å². The van der Waals surface area contributed by atoms with Crippen molar-refractivity contribution < 1.29 is 14.3 Å². The fourth-order valence-corrected chi connectivity index (χ4v) is 3.41. The van der Waals surface area contributed by atoms with Gasteiger partial charge in [0.1, 0.15) is 5.75 Å². The SMILES string of the molecule is CCOc1ccccc1N1C(=O)[C@@H]2CC(C)=C(C)C[C@H]2C1=O. The number of carbonyl (C=O) groups excluding carboxylic acids is 2. The van der Waals surface area contributed by atoms with Gasteiger partial charge in [0.15, 0.2) is 0 Å². The number of rotatable bonds is 3. The number of para-hydroxylation sites is 2. The molecule has 1 aliphatic carbocycles. The van der Waals surface area contributed by atoms with E-state index in [0.717, 1.165) is 0 Å². The average molecular weight is 299 g/mol. The third-order valence-corrected chi connectivity index (χ3v) is 4.75.